The first kappa shape index (κ1) is 13.8. The first-order valence-corrected chi connectivity index (χ1v) is 6.96. The van der Waals surface area contributed by atoms with Crippen LogP contribution >= 0.6 is 11.3 Å². The van der Waals surface area contributed by atoms with E-state index in [1.54, 1.807) is 12.1 Å². The van der Waals surface area contributed by atoms with Gasteiger partial charge in [-0.2, -0.15) is 0 Å². The van der Waals surface area contributed by atoms with Gasteiger partial charge in [0.25, 0.3) is 5.91 Å². The van der Waals surface area contributed by atoms with Crippen LogP contribution in [0.3, 0.4) is 0 Å². The summed E-state index contributed by atoms with van der Waals surface area (Å²) in [6, 6.07) is 7.06. The van der Waals surface area contributed by atoms with Gasteiger partial charge in [-0.25, -0.2) is 0 Å². The Morgan fingerprint density at radius 1 is 1.47 bits per heavy atom. The zero-order valence-corrected chi connectivity index (χ0v) is 11.7. The number of amides is 1. The Balaban J connectivity index is 1.87. The molecule has 2 N–H and O–H groups in total. The maximum absolute atomic E-state index is 11.9. The summed E-state index contributed by atoms with van der Waals surface area (Å²) < 4.78 is 5.13. The molecule has 0 aliphatic carbocycles. The fourth-order valence-electron chi connectivity index (χ4n) is 1.84. The third-order valence-electron chi connectivity index (χ3n) is 2.79. The van der Waals surface area contributed by atoms with Gasteiger partial charge in [-0.15, -0.1) is 11.3 Å². The molecule has 0 fully saturated rings. The van der Waals surface area contributed by atoms with Crippen LogP contribution in [-0.4, -0.2) is 17.1 Å². The minimum Gasteiger partial charge on any atom is -0.467 e. The number of hydrogen-bond donors (Lipinski definition) is 2. The van der Waals surface area contributed by atoms with Crippen LogP contribution in [0.15, 0.2) is 34.9 Å². The van der Waals surface area contributed by atoms with Gasteiger partial charge in [0.05, 0.1) is 11.1 Å². The molecule has 19 heavy (non-hydrogen) atoms. The molecule has 2 atom stereocenters. The van der Waals surface area contributed by atoms with Crippen molar-refractivity contribution in [3.8, 4) is 0 Å². The maximum atomic E-state index is 11.9. The Hall–Kier alpha value is -1.59. The molecule has 0 spiro atoms. The molecule has 0 saturated heterocycles. The standard InChI is InChI=1S/C14H17NO3S/c1-9(8-11(16)12-4-3-7-18-12)15-14(17)13-6-5-10(2)19-13/h3-7,9,11,16H,8H2,1-2H3,(H,15,17). The second-order valence-corrected chi connectivity index (χ2v) is 5.84. The third-order valence-corrected chi connectivity index (χ3v) is 3.79. The van der Waals surface area contributed by atoms with E-state index < -0.39 is 6.10 Å². The molecule has 0 aliphatic rings. The lowest BCUT2D eigenvalue weighted by atomic mass is 10.1. The Morgan fingerprint density at radius 2 is 2.26 bits per heavy atom. The van der Waals surface area contributed by atoms with E-state index in [0.29, 0.717) is 17.1 Å². The highest BCUT2D eigenvalue weighted by molar-refractivity contribution is 7.13. The van der Waals surface area contributed by atoms with Crippen molar-refractivity contribution >= 4 is 17.2 Å². The van der Waals surface area contributed by atoms with Gasteiger partial charge >= 0.3 is 0 Å². The summed E-state index contributed by atoms with van der Waals surface area (Å²) in [4.78, 5) is 13.7. The van der Waals surface area contributed by atoms with Crippen LogP contribution in [0.4, 0.5) is 0 Å². The number of carbonyl (C=O) groups excluding carboxylic acids is 1. The van der Waals surface area contributed by atoms with Gasteiger partial charge in [0.2, 0.25) is 0 Å². The van der Waals surface area contributed by atoms with Crippen LogP contribution in [0.2, 0.25) is 0 Å². The number of nitrogens with one attached hydrogen (secondary N) is 1. The largest absolute Gasteiger partial charge is 0.467 e. The number of rotatable bonds is 5. The minimum absolute atomic E-state index is 0.0998. The molecule has 102 valence electrons. The van der Waals surface area contributed by atoms with E-state index >= 15 is 0 Å². The number of aliphatic hydroxyl groups excluding tert-OH is 1. The van der Waals surface area contributed by atoms with E-state index in [9.17, 15) is 9.90 Å². The topological polar surface area (TPSA) is 62.5 Å². The first-order valence-electron chi connectivity index (χ1n) is 6.15. The quantitative estimate of drug-likeness (QED) is 0.884. The summed E-state index contributed by atoms with van der Waals surface area (Å²) in [6.07, 6.45) is 1.25. The molecule has 2 unspecified atom stereocenters. The van der Waals surface area contributed by atoms with E-state index in [2.05, 4.69) is 5.32 Å². The highest BCUT2D eigenvalue weighted by atomic mass is 32.1. The van der Waals surface area contributed by atoms with Crippen LogP contribution < -0.4 is 5.32 Å². The number of aliphatic hydroxyl groups is 1. The Labute approximate surface area is 116 Å². The van der Waals surface area contributed by atoms with Gasteiger partial charge in [-0.05, 0) is 38.1 Å². The molecule has 0 radical (unpaired) electrons. The van der Waals surface area contributed by atoms with E-state index in [1.807, 2.05) is 26.0 Å². The summed E-state index contributed by atoms with van der Waals surface area (Å²) in [6.45, 7) is 3.83. The van der Waals surface area contributed by atoms with Crippen molar-refractivity contribution < 1.29 is 14.3 Å². The molecule has 0 saturated carbocycles. The summed E-state index contributed by atoms with van der Waals surface area (Å²) >= 11 is 1.46. The lowest BCUT2D eigenvalue weighted by Gasteiger charge is -2.16. The van der Waals surface area contributed by atoms with Crippen molar-refractivity contribution in [2.24, 2.45) is 0 Å². The molecular weight excluding hydrogens is 262 g/mol. The van der Waals surface area contributed by atoms with Crippen molar-refractivity contribution in [3.05, 3.63) is 46.0 Å². The predicted octanol–water partition coefficient (Wildman–Crippen LogP) is 2.89. The number of furan rings is 1. The first-order chi connectivity index (χ1) is 9.06. The van der Waals surface area contributed by atoms with Gasteiger partial charge < -0.3 is 14.8 Å². The Kier molecular flexibility index (Phi) is 4.39. The third kappa shape index (κ3) is 3.68. The molecule has 4 nitrogen and oxygen atoms in total. The number of aryl methyl sites for hydroxylation is 1. The summed E-state index contributed by atoms with van der Waals surface area (Å²) in [5.41, 5.74) is 0. The van der Waals surface area contributed by atoms with Crippen LogP contribution in [0.1, 0.15) is 39.8 Å². The second kappa shape index (κ2) is 6.04. The van der Waals surface area contributed by atoms with Crippen molar-refractivity contribution in [2.45, 2.75) is 32.4 Å². The molecule has 0 aromatic carbocycles. The second-order valence-electron chi connectivity index (χ2n) is 4.55. The van der Waals surface area contributed by atoms with Crippen molar-refractivity contribution in [3.63, 3.8) is 0 Å². The molecular formula is C14H17NO3S. The monoisotopic (exact) mass is 279 g/mol. The molecule has 2 aromatic heterocycles. The lowest BCUT2D eigenvalue weighted by molar-refractivity contribution is 0.0907. The zero-order valence-electron chi connectivity index (χ0n) is 10.9. The smallest absolute Gasteiger partial charge is 0.261 e. The zero-order chi connectivity index (χ0) is 13.8. The molecule has 1 amide bonds. The molecule has 2 aromatic rings. The Bertz CT molecular complexity index is 533. The van der Waals surface area contributed by atoms with Gasteiger partial charge in [-0.3, -0.25) is 4.79 Å². The fraction of sp³-hybridized carbons (Fsp3) is 0.357. The number of hydrogen-bond acceptors (Lipinski definition) is 4. The van der Waals surface area contributed by atoms with Gasteiger partial charge in [-0.1, -0.05) is 0 Å². The normalized spacial score (nSPS) is 14.1. The van der Waals surface area contributed by atoms with Crippen molar-refractivity contribution in [2.75, 3.05) is 0 Å². The molecule has 5 heteroatoms. The van der Waals surface area contributed by atoms with E-state index in [-0.39, 0.29) is 11.9 Å². The molecule has 2 rings (SSSR count). The molecule has 0 aliphatic heterocycles. The summed E-state index contributed by atoms with van der Waals surface area (Å²) in [5.74, 6) is 0.422. The Morgan fingerprint density at radius 3 is 2.84 bits per heavy atom. The summed E-state index contributed by atoms with van der Waals surface area (Å²) in [5, 5.41) is 12.8. The minimum atomic E-state index is -0.699. The number of thiophene rings is 1. The lowest BCUT2D eigenvalue weighted by Crippen LogP contribution is -2.33. The average molecular weight is 279 g/mol. The van der Waals surface area contributed by atoms with Gasteiger partial charge in [0.15, 0.2) is 0 Å². The molecule has 2 heterocycles. The van der Waals surface area contributed by atoms with E-state index in [1.165, 1.54) is 17.6 Å². The summed E-state index contributed by atoms with van der Waals surface area (Å²) in [7, 11) is 0. The number of carbonyl (C=O) groups is 1. The van der Waals surface area contributed by atoms with Crippen molar-refractivity contribution in [1.82, 2.24) is 5.32 Å². The fourth-order valence-corrected chi connectivity index (χ4v) is 2.61. The SMILES string of the molecule is Cc1ccc(C(=O)NC(C)CC(O)c2ccco2)s1. The van der Waals surface area contributed by atoms with E-state index in [4.69, 9.17) is 4.42 Å². The van der Waals surface area contributed by atoms with Crippen LogP contribution in [0.25, 0.3) is 0 Å². The predicted molar refractivity (Wildman–Crippen MR) is 74.3 cm³/mol. The van der Waals surface area contributed by atoms with Crippen LogP contribution in [-0.2, 0) is 0 Å². The van der Waals surface area contributed by atoms with Crippen LogP contribution in [0.5, 0.6) is 0 Å². The van der Waals surface area contributed by atoms with Crippen LogP contribution in [0, 0.1) is 6.92 Å². The van der Waals surface area contributed by atoms with Gasteiger partial charge in [0, 0.05) is 17.3 Å². The highest BCUT2D eigenvalue weighted by Crippen LogP contribution is 2.19. The van der Waals surface area contributed by atoms with Crippen molar-refractivity contribution in [1.29, 1.82) is 0 Å². The maximum Gasteiger partial charge on any atom is 0.261 e. The highest BCUT2D eigenvalue weighted by Gasteiger charge is 2.17. The van der Waals surface area contributed by atoms with Gasteiger partial charge in [0.1, 0.15) is 11.9 Å². The molecule has 0 bridgehead atoms. The average Bonchev–Trinajstić information content (AvgIpc) is 2.98. The van der Waals surface area contributed by atoms with E-state index in [0.717, 1.165) is 4.88 Å².